The molecule has 4 rings (SSSR count). The SMILES string of the molecule is Cn1nc2c(cc1=O)CN(Cc1ccn(-c3ccccc3)n1)CC2. The van der Waals surface area contributed by atoms with Crippen molar-refractivity contribution in [1.29, 1.82) is 0 Å². The number of aromatic nitrogens is 4. The summed E-state index contributed by atoms with van der Waals surface area (Å²) in [7, 11) is 1.70. The highest BCUT2D eigenvalue weighted by molar-refractivity contribution is 5.30. The van der Waals surface area contributed by atoms with Gasteiger partial charge in [0, 0.05) is 45.4 Å². The van der Waals surface area contributed by atoms with Crippen molar-refractivity contribution in [1.82, 2.24) is 24.5 Å². The summed E-state index contributed by atoms with van der Waals surface area (Å²) in [5, 5.41) is 9.01. The Labute approximate surface area is 140 Å². The lowest BCUT2D eigenvalue weighted by Gasteiger charge is -2.27. The van der Waals surface area contributed by atoms with E-state index in [0.717, 1.165) is 48.7 Å². The molecule has 1 aliphatic heterocycles. The minimum atomic E-state index is -0.0519. The van der Waals surface area contributed by atoms with Gasteiger partial charge >= 0.3 is 0 Å². The lowest BCUT2D eigenvalue weighted by atomic mass is 10.1. The molecule has 0 bridgehead atoms. The highest BCUT2D eigenvalue weighted by Crippen LogP contribution is 2.17. The largest absolute Gasteiger partial charge is 0.293 e. The predicted octanol–water partition coefficient (Wildman–Crippen LogP) is 1.52. The first-order valence-corrected chi connectivity index (χ1v) is 8.07. The standard InChI is InChI=1S/C18H19N5O/c1-21-18(24)11-14-12-22(9-8-17(14)20-21)13-15-7-10-23(19-15)16-5-3-2-4-6-16/h2-7,10-11H,8-9,12-13H2,1H3. The Balaban J connectivity index is 1.50. The molecule has 0 saturated carbocycles. The van der Waals surface area contributed by atoms with Gasteiger partial charge in [-0.05, 0) is 23.8 Å². The summed E-state index contributed by atoms with van der Waals surface area (Å²) in [6, 6.07) is 13.8. The molecule has 2 aromatic heterocycles. The molecule has 0 spiro atoms. The van der Waals surface area contributed by atoms with Crippen LogP contribution in [-0.4, -0.2) is 31.0 Å². The van der Waals surface area contributed by atoms with Gasteiger partial charge in [0.25, 0.3) is 5.56 Å². The molecule has 0 fully saturated rings. The molecule has 0 unspecified atom stereocenters. The number of rotatable bonds is 3. The maximum Gasteiger partial charge on any atom is 0.266 e. The van der Waals surface area contributed by atoms with E-state index >= 15 is 0 Å². The number of hydrogen-bond donors (Lipinski definition) is 0. The van der Waals surface area contributed by atoms with Crippen LogP contribution in [-0.2, 0) is 26.6 Å². The molecule has 0 saturated heterocycles. The van der Waals surface area contributed by atoms with Crippen LogP contribution >= 0.6 is 0 Å². The van der Waals surface area contributed by atoms with Gasteiger partial charge in [0.2, 0.25) is 0 Å². The summed E-state index contributed by atoms with van der Waals surface area (Å²) >= 11 is 0. The van der Waals surface area contributed by atoms with Gasteiger partial charge in [-0.2, -0.15) is 10.2 Å². The summed E-state index contributed by atoms with van der Waals surface area (Å²) in [5.41, 5.74) is 4.10. The van der Waals surface area contributed by atoms with Crippen LogP contribution in [0.5, 0.6) is 0 Å². The zero-order valence-electron chi connectivity index (χ0n) is 13.6. The molecule has 3 heterocycles. The van der Waals surface area contributed by atoms with Crippen molar-refractivity contribution in [2.24, 2.45) is 7.05 Å². The molecule has 0 amide bonds. The summed E-state index contributed by atoms with van der Waals surface area (Å²) in [6.07, 6.45) is 2.85. The Bertz CT molecular complexity index is 913. The second-order valence-corrected chi connectivity index (χ2v) is 6.13. The van der Waals surface area contributed by atoms with Crippen LogP contribution in [0, 0.1) is 0 Å². The third kappa shape index (κ3) is 2.88. The molecule has 0 N–H and O–H groups in total. The van der Waals surface area contributed by atoms with Crippen LogP contribution in [0.3, 0.4) is 0 Å². The van der Waals surface area contributed by atoms with E-state index in [1.54, 1.807) is 13.1 Å². The third-order valence-electron chi connectivity index (χ3n) is 4.37. The van der Waals surface area contributed by atoms with Crippen LogP contribution in [0.15, 0.2) is 53.5 Å². The molecular weight excluding hydrogens is 302 g/mol. The maximum absolute atomic E-state index is 11.8. The Kier molecular flexibility index (Phi) is 3.74. The minimum absolute atomic E-state index is 0.0519. The highest BCUT2D eigenvalue weighted by atomic mass is 16.1. The van der Waals surface area contributed by atoms with E-state index < -0.39 is 0 Å². The van der Waals surface area contributed by atoms with E-state index in [2.05, 4.69) is 15.1 Å². The summed E-state index contributed by atoms with van der Waals surface area (Å²) < 4.78 is 3.31. The fourth-order valence-electron chi connectivity index (χ4n) is 3.09. The van der Waals surface area contributed by atoms with Gasteiger partial charge in [-0.15, -0.1) is 0 Å². The van der Waals surface area contributed by atoms with Crippen LogP contribution < -0.4 is 5.56 Å². The normalized spacial score (nSPS) is 14.5. The smallest absolute Gasteiger partial charge is 0.266 e. The number of fused-ring (bicyclic) bond motifs is 1. The second-order valence-electron chi connectivity index (χ2n) is 6.13. The van der Waals surface area contributed by atoms with Crippen LogP contribution in [0.1, 0.15) is 17.0 Å². The van der Waals surface area contributed by atoms with Crippen molar-refractivity contribution in [3.8, 4) is 5.69 Å². The summed E-state index contributed by atoms with van der Waals surface area (Å²) in [6.45, 7) is 2.45. The lowest BCUT2D eigenvalue weighted by molar-refractivity contribution is 0.238. The number of benzene rings is 1. The van der Waals surface area contributed by atoms with Crippen molar-refractivity contribution in [2.75, 3.05) is 6.54 Å². The average molecular weight is 321 g/mol. The Morgan fingerprint density at radius 1 is 1.12 bits per heavy atom. The first-order valence-electron chi connectivity index (χ1n) is 8.07. The van der Waals surface area contributed by atoms with Crippen molar-refractivity contribution < 1.29 is 0 Å². The monoisotopic (exact) mass is 321 g/mol. The zero-order chi connectivity index (χ0) is 16.5. The van der Waals surface area contributed by atoms with Gasteiger partial charge < -0.3 is 0 Å². The molecular formula is C18H19N5O. The van der Waals surface area contributed by atoms with Crippen molar-refractivity contribution in [2.45, 2.75) is 19.5 Å². The molecule has 1 aliphatic rings. The number of para-hydroxylation sites is 1. The van der Waals surface area contributed by atoms with Crippen molar-refractivity contribution in [3.63, 3.8) is 0 Å². The molecule has 1 aromatic carbocycles. The Morgan fingerprint density at radius 2 is 1.96 bits per heavy atom. The quantitative estimate of drug-likeness (QED) is 0.734. The molecule has 24 heavy (non-hydrogen) atoms. The molecule has 6 heteroatoms. The molecule has 0 aliphatic carbocycles. The van der Waals surface area contributed by atoms with E-state index in [-0.39, 0.29) is 5.56 Å². The number of aryl methyl sites for hydroxylation is 1. The van der Waals surface area contributed by atoms with E-state index in [1.807, 2.05) is 47.3 Å². The van der Waals surface area contributed by atoms with Crippen molar-refractivity contribution >= 4 is 0 Å². The van der Waals surface area contributed by atoms with E-state index in [1.165, 1.54) is 4.68 Å². The summed E-state index contributed by atoms with van der Waals surface area (Å²) in [5.74, 6) is 0. The topological polar surface area (TPSA) is 56.0 Å². The van der Waals surface area contributed by atoms with Gasteiger partial charge in [0.1, 0.15) is 0 Å². The number of nitrogens with zero attached hydrogens (tertiary/aromatic N) is 5. The molecule has 0 atom stereocenters. The van der Waals surface area contributed by atoms with Gasteiger partial charge in [0.15, 0.2) is 0 Å². The molecule has 122 valence electrons. The fourth-order valence-corrected chi connectivity index (χ4v) is 3.09. The Hall–Kier alpha value is -2.73. The molecule has 3 aromatic rings. The zero-order valence-corrected chi connectivity index (χ0v) is 13.6. The second kappa shape index (κ2) is 6.05. The van der Waals surface area contributed by atoms with Gasteiger partial charge in [-0.1, -0.05) is 18.2 Å². The van der Waals surface area contributed by atoms with Gasteiger partial charge in [-0.25, -0.2) is 9.36 Å². The molecule has 0 radical (unpaired) electrons. The predicted molar refractivity (Wildman–Crippen MR) is 90.9 cm³/mol. The average Bonchev–Trinajstić information content (AvgIpc) is 3.05. The first-order chi connectivity index (χ1) is 11.7. The van der Waals surface area contributed by atoms with Crippen molar-refractivity contribution in [3.05, 3.63) is 76.0 Å². The third-order valence-corrected chi connectivity index (χ3v) is 4.37. The van der Waals surface area contributed by atoms with Gasteiger partial charge in [0.05, 0.1) is 17.1 Å². The van der Waals surface area contributed by atoms with Crippen LogP contribution in [0.4, 0.5) is 0 Å². The first kappa shape index (κ1) is 14.8. The van der Waals surface area contributed by atoms with Gasteiger partial charge in [-0.3, -0.25) is 9.69 Å². The summed E-state index contributed by atoms with van der Waals surface area (Å²) in [4.78, 5) is 14.1. The lowest BCUT2D eigenvalue weighted by Crippen LogP contribution is -2.34. The number of hydrogen-bond acceptors (Lipinski definition) is 4. The highest BCUT2D eigenvalue weighted by Gasteiger charge is 2.19. The van der Waals surface area contributed by atoms with Crippen LogP contribution in [0.2, 0.25) is 0 Å². The van der Waals surface area contributed by atoms with E-state index in [4.69, 9.17) is 0 Å². The fraction of sp³-hybridized carbons (Fsp3) is 0.278. The Morgan fingerprint density at radius 3 is 2.79 bits per heavy atom. The van der Waals surface area contributed by atoms with Crippen LogP contribution in [0.25, 0.3) is 5.69 Å². The van der Waals surface area contributed by atoms with E-state index in [9.17, 15) is 4.79 Å². The maximum atomic E-state index is 11.8. The van der Waals surface area contributed by atoms with E-state index in [0.29, 0.717) is 0 Å². The minimum Gasteiger partial charge on any atom is -0.293 e. The molecule has 6 nitrogen and oxygen atoms in total.